The fraction of sp³-hybridized carbons (Fsp3) is 0.500. The molecule has 6 heteroatoms. The number of halogens is 1. The average molecular weight is 282 g/mol. The molecular weight excluding hydrogens is 259 g/mol. The average Bonchev–Trinajstić information content (AvgIpc) is 2.42. The summed E-state index contributed by atoms with van der Waals surface area (Å²) in [7, 11) is 4.06. The minimum absolute atomic E-state index is 0.0813. The molecule has 1 aromatic carbocycles. The summed E-state index contributed by atoms with van der Waals surface area (Å²) in [6, 6.07) is 4.61. The first-order chi connectivity index (χ1) is 9.43. The maximum absolute atomic E-state index is 13.2. The van der Waals surface area contributed by atoms with Crippen LogP contribution in [0.15, 0.2) is 23.4 Å². The lowest BCUT2D eigenvalue weighted by molar-refractivity contribution is 0.318. The summed E-state index contributed by atoms with van der Waals surface area (Å²) in [6.07, 6.45) is 1.01. The lowest BCUT2D eigenvalue weighted by atomic mass is 10.1. The minimum Gasteiger partial charge on any atom is -0.409 e. The Kier molecular flexibility index (Phi) is 6.41. The van der Waals surface area contributed by atoms with Crippen molar-refractivity contribution in [2.45, 2.75) is 25.9 Å². The third-order valence-corrected chi connectivity index (χ3v) is 3.11. The summed E-state index contributed by atoms with van der Waals surface area (Å²) in [5.74, 6) is -0.488. The molecule has 0 heterocycles. The fourth-order valence-corrected chi connectivity index (χ4v) is 1.83. The van der Waals surface area contributed by atoms with E-state index in [0.29, 0.717) is 18.2 Å². The van der Waals surface area contributed by atoms with Gasteiger partial charge in [0.15, 0.2) is 5.84 Å². The SMILES string of the molecule is CC(CCN(C)C)NCc1ccc(F)cc1C(N)=NO. The van der Waals surface area contributed by atoms with Crippen LogP contribution in [0.1, 0.15) is 24.5 Å². The molecule has 1 rings (SSSR count). The van der Waals surface area contributed by atoms with Crippen LogP contribution in [-0.4, -0.2) is 42.6 Å². The second-order valence-corrected chi connectivity index (χ2v) is 5.16. The lowest BCUT2D eigenvalue weighted by Crippen LogP contribution is -2.30. The third kappa shape index (κ3) is 5.14. The van der Waals surface area contributed by atoms with Crippen LogP contribution in [-0.2, 0) is 6.54 Å². The standard InChI is InChI=1S/C14H23FN4O/c1-10(6-7-19(2)3)17-9-11-4-5-12(15)8-13(11)14(16)18-20/h4-5,8,10,17,20H,6-7,9H2,1-3H3,(H2,16,18). The molecule has 112 valence electrons. The Morgan fingerprint density at radius 1 is 1.50 bits per heavy atom. The number of nitrogens with one attached hydrogen (secondary N) is 1. The Balaban J connectivity index is 2.68. The molecule has 1 unspecified atom stereocenters. The van der Waals surface area contributed by atoms with Crippen molar-refractivity contribution in [3.8, 4) is 0 Å². The molecule has 20 heavy (non-hydrogen) atoms. The normalized spacial score (nSPS) is 13.8. The van der Waals surface area contributed by atoms with E-state index in [1.165, 1.54) is 12.1 Å². The summed E-state index contributed by atoms with van der Waals surface area (Å²) < 4.78 is 13.2. The van der Waals surface area contributed by atoms with Crippen molar-refractivity contribution in [3.05, 3.63) is 35.1 Å². The summed E-state index contributed by atoms with van der Waals surface area (Å²) in [5.41, 5.74) is 6.79. The largest absolute Gasteiger partial charge is 0.409 e. The number of nitrogens with zero attached hydrogens (tertiary/aromatic N) is 2. The van der Waals surface area contributed by atoms with Crippen molar-refractivity contribution in [2.24, 2.45) is 10.9 Å². The van der Waals surface area contributed by atoms with Gasteiger partial charge in [-0.2, -0.15) is 0 Å². The van der Waals surface area contributed by atoms with E-state index in [4.69, 9.17) is 10.9 Å². The molecular formula is C14H23FN4O. The molecule has 0 saturated carbocycles. The van der Waals surface area contributed by atoms with Gasteiger partial charge >= 0.3 is 0 Å². The van der Waals surface area contributed by atoms with Crippen LogP contribution >= 0.6 is 0 Å². The number of amidine groups is 1. The van der Waals surface area contributed by atoms with E-state index in [1.54, 1.807) is 6.07 Å². The zero-order valence-corrected chi connectivity index (χ0v) is 12.2. The number of hydrogen-bond donors (Lipinski definition) is 3. The van der Waals surface area contributed by atoms with Crippen LogP contribution < -0.4 is 11.1 Å². The smallest absolute Gasteiger partial charge is 0.170 e. The maximum atomic E-state index is 13.2. The molecule has 0 amide bonds. The van der Waals surface area contributed by atoms with Gasteiger partial charge in [0.1, 0.15) is 5.82 Å². The first-order valence-electron chi connectivity index (χ1n) is 6.58. The monoisotopic (exact) mass is 282 g/mol. The molecule has 0 aliphatic rings. The Hall–Kier alpha value is -1.66. The summed E-state index contributed by atoms with van der Waals surface area (Å²) in [6.45, 7) is 3.63. The van der Waals surface area contributed by atoms with E-state index in [1.807, 2.05) is 14.1 Å². The predicted molar refractivity (Wildman–Crippen MR) is 78.4 cm³/mol. The van der Waals surface area contributed by atoms with Gasteiger partial charge in [0.2, 0.25) is 0 Å². The van der Waals surface area contributed by atoms with Gasteiger partial charge in [-0.1, -0.05) is 11.2 Å². The zero-order chi connectivity index (χ0) is 15.1. The van der Waals surface area contributed by atoms with E-state index in [-0.39, 0.29) is 5.84 Å². The maximum Gasteiger partial charge on any atom is 0.170 e. The second kappa shape index (κ2) is 7.81. The van der Waals surface area contributed by atoms with Crippen LogP contribution in [0.3, 0.4) is 0 Å². The van der Waals surface area contributed by atoms with Crippen molar-refractivity contribution in [2.75, 3.05) is 20.6 Å². The Bertz CT molecular complexity index is 462. The van der Waals surface area contributed by atoms with E-state index >= 15 is 0 Å². The number of nitrogens with two attached hydrogens (primary N) is 1. The van der Waals surface area contributed by atoms with E-state index in [0.717, 1.165) is 18.5 Å². The topological polar surface area (TPSA) is 73.9 Å². The highest BCUT2D eigenvalue weighted by molar-refractivity contribution is 5.98. The lowest BCUT2D eigenvalue weighted by Gasteiger charge is -2.17. The molecule has 0 radical (unpaired) electrons. The summed E-state index contributed by atoms with van der Waals surface area (Å²) in [5, 5.41) is 15.0. The first kappa shape index (κ1) is 16.4. The van der Waals surface area contributed by atoms with Gasteiger partial charge in [0.05, 0.1) is 0 Å². The van der Waals surface area contributed by atoms with Crippen molar-refractivity contribution >= 4 is 5.84 Å². The van der Waals surface area contributed by atoms with Crippen molar-refractivity contribution < 1.29 is 9.60 Å². The van der Waals surface area contributed by atoms with Crippen molar-refractivity contribution in [1.82, 2.24) is 10.2 Å². The molecule has 0 aromatic heterocycles. The molecule has 0 spiro atoms. The Morgan fingerprint density at radius 3 is 2.80 bits per heavy atom. The van der Waals surface area contributed by atoms with Crippen LogP contribution in [0.5, 0.6) is 0 Å². The molecule has 0 bridgehead atoms. The second-order valence-electron chi connectivity index (χ2n) is 5.16. The molecule has 0 fully saturated rings. The highest BCUT2D eigenvalue weighted by Gasteiger charge is 2.10. The van der Waals surface area contributed by atoms with Crippen LogP contribution in [0.4, 0.5) is 4.39 Å². The van der Waals surface area contributed by atoms with E-state index < -0.39 is 5.82 Å². The summed E-state index contributed by atoms with van der Waals surface area (Å²) >= 11 is 0. The van der Waals surface area contributed by atoms with Gasteiger partial charge in [-0.25, -0.2) is 4.39 Å². The molecule has 0 aliphatic heterocycles. The fourth-order valence-electron chi connectivity index (χ4n) is 1.83. The Labute approximate surface area is 119 Å². The molecule has 1 aromatic rings. The molecule has 5 nitrogen and oxygen atoms in total. The van der Waals surface area contributed by atoms with Gasteiger partial charge in [0.25, 0.3) is 0 Å². The molecule has 0 saturated heterocycles. The van der Waals surface area contributed by atoms with E-state index in [9.17, 15) is 4.39 Å². The number of oxime groups is 1. The molecule has 1 atom stereocenters. The van der Waals surface area contributed by atoms with E-state index in [2.05, 4.69) is 22.3 Å². The first-order valence-corrected chi connectivity index (χ1v) is 6.58. The summed E-state index contributed by atoms with van der Waals surface area (Å²) in [4.78, 5) is 2.12. The quantitative estimate of drug-likeness (QED) is 0.305. The predicted octanol–water partition coefficient (Wildman–Crippen LogP) is 1.35. The number of hydrogen-bond acceptors (Lipinski definition) is 4. The highest BCUT2D eigenvalue weighted by Crippen LogP contribution is 2.12. The number of rotatable bonds is 7. The molecule has 4 N–H and O–H groups in total. The van der Waals surface area contributed by atoms with Gasteiger partial charge in [-0.05, 0) is 51.7 Å². The Morgan fingerprint density at radius 2 is 2.20 bits per heavy atom. The van der Waals surface area contributed by atoms with Crippen LogP contribution in [0, 0.1) is 5.82 Å². The highest BCUT2D eigenvalue weighted by atomic mass is 19.1. The molecule has 0 aliphatic carbocycles. The van der Waals surface area contributed by atoms with Gasteiger partial charge in [0, 0.05) is 18.2 Å². The van der Waals surface area contributed by atoms with Gasteiger partial charge in [-0.15, -0.1) is 0 Å². The van der Waals surface area contributed by atoms with Crippen molar-refractivity contribution in [1.29, 1.82) is 0 Å². The van der Waals surface area contributed by atoms with Crippen LogP contribution in [0.2, 0.25) is 0 Å². The van der Waals surface area contributed by atoms with Gasteiger partial charge in [-0.3, -0.25) is 0 Å². The van der Waals surface area contributed by atoms with Crippen molar-refractivity contribution in [3.63, 3.8) is 0 Å². The number of benzene rings is 1. The third-order valence-electron chi connectivity index (χ3n) is 3.11. The van der Waals surface area contributed by atoms with Gasteiger partial charge < -0.3 is 21.2 Å². The zero-order valence-electron chi connectivity index (χ0n) is 12.2. The van der Waals surface area contributed by atoms with Crippen LogP contribution in [0.25, 0.3) is 0 Å². The minimum atomic E-state index is -0.406.